The summed E-state index contributed by atoms with van der Waals surface area (Å²) in [5.41, 5.74) is 0. The molecule has 0 fully saturated rings. The first kappa shape index (κ1) is 18.6. The lowest BCUT2D eigenvalue weighted by Gasteiger charge is -2.45. The monoisotopic (exact) mass is 415 g/mol. The Morgan fingerprint density at radius 3 is 1.92 bits per heavy atom. The molecule has 1 heterocycles. The molecule has 0 aromatic heterocycles. The first-order chi connectivity index (χ1) is 11.9. The van der Waals surface area contributed by atoms with E-state index in [1.54, 1.807) is 0 Å². The fourth-order valence-corrected chi connectivity index (χ4v) is 8.76. The van der Waals surface area contributed by atoms with Crippen LogP contribution in [0, 0.1) is 0 Å². The standard InChI is InChI=1S/C21H26BrNOSi/c1-21(2,3)25(19-10-6-4-7-11-19,20-12-8-5-9-13-20)24-18-14-17(22)15-23-16-18/h4-14,18,23H,15-16H2,1-3H3. The molecule has 0 amide bonds. The Kier molecular flexibility index (Phi) is 5.64. The molecule has 4 heteroatoms. The minimum absolute atomic E-state index is 0.00741. The van der Waals surface area contributed by atoms with Crippen molar-refractivity contribution in [2.45, 2.75) is 31.9 Å². The van der Waals surface area contributed by atoms with Crippen molar-refractivity contribution in [3.63, 3.8) is 0 Å². The summed E-state index contributed by atoms with van der Waals surface area (Å²) in [6.45, 7) is 8.66. The zero-order chi connectivity index (χ0) is 17.9. The molecule has 1 N–H and O–H groups in total. The van der Waals surface area contributed by atoms with Gasteiger partial charge in [0.05, 0.1) is 6.10 Å². The smallest absolute Gasteiger partial charge is 0.261 e. The third-order valence-corrected chi connectivity index (χ3v) is 10.4. The van der Waals surface area contributed by atoms with Gasteiger partial charge in [-0.15, -0.1) is 0 Å². The average Bonchev–Trinajstić information content (AvgIpc) is 2.60. The summed E-state index contributed by atoms with van der Waals surface area (Å²) < 4.78 is 8.22. The third-order valence-electron chi connectivity index (χ3n) is 4.75. The normalized spacial score (nSPS) is 18.7. The van der Waals surface area contributed by atoms with E-state index in [1.165, 1.54) is 14.9 Å². The summed E-state index contributed by atoms with van der Waals surface area (Å²) in [5, 5.41) is 6.10. The van der Waals surface area contributed by atoms with Crippen molar-refractivity contribution >= 4 is 34.6 Å². The summed E-state index contributed by atoms with van der Waals surface area (Å²) >= 11 is 3.63. The number of halogens is 1. The number of nitrogens with one attached hydrogen (secondary N) is 1. The fourth-order valence-electron chi connectivity index (χ4n) is 3.65. The Morgan fingerprint density at radius 2 is 1.48 bits per heavy atom. The predicted octanol–water partition coefficient (Wildman–Crippen LogP) is 3.81. The number of rotatable bonds is 4. The van der Waals surface area contributed by atoms with Crippen molar-refractivity contribution in [2.24, 2.45) is 0 Å². The molecule has 0 bridgehead atoms. The molecule has 3 rings (SSSR count). The second-order valence-corrected chi connectivity index (χ2v) is 12.8. The summed E-state index contributed by atoms with van der Waals surface area (Å²) in [6.07, 6.45) is 2.28. The molecular weight excluding hydrogens is 390 g/mol. The van der Waals surface area contributed by atoms with Crippen molar-refractivity contribution in [2.75, 3.05) is 13.1 Å². The summed E-state index contributed by atoms with van der Waals surface area (Å²) in [7, 11) is -2.47. The van der Waals surface area contributed by atoms with Crippen LogP contribution >= 0.6 is 15.9 Å². The molecule has 0 radical (unpaired) electrons. The van der Waals surface area contributed by atoms with Crippen LogP contribution in [0.3, 0.4) is 0 Å². The zero-order valence-electron chi connectivity index (χ0n) is 15.1. The van der Waals surface area contributed by atoms with Crippen LogP contribution in [-0.4, -0.2) is 27.5 Å². The van der Waals surface area contributed by atoms with Crippen LogP contribution in [0.2, 0.25) is 5.04 Å². The minimum Gasteiger partial charge on any atom is -0.400 e. The van der Waals surface area contributed by atoms with E-state index in [4.69, 9.17) is 4.43 Å². The second kappa shape index (κ2) is 7.58. The molecule has 0 saturated heterocycles. The van der Waals surface area contributed by atoms with Crippen LogP contribution in [0.1, 0.15) is 20.8 Å². The lowest BCUT2D eigenvalue weighted by Crippen LogP contribution is -2.68. The Morgan fingerprint density at radius 1 is 0.960 bits per heavy atom. The number of hydrogen-bond donors (Lipinski definition) is 1. The highest BCUT2D eigenvalue weighted by Crippen LogP contribution is 2.37. The van der Waals surface area contributed by atoms with Crippen LogP contribution in [-0.2, 0) is 4.43 Å². The molecule has 0 spiro atoms. The van der Waals surface area contributed by atoms with E-state index >= 15 is 0 Å². The van der Waals surface area contributed by atoms with Gasteiger partial charge in [-0.25, -0.2) is 0 Å². The average molecular weight is 416 g/mol. The van der Waals surface area contributed by atoms with Crippen molar-refractivity contribution in [3.8, 4) is 0 Å². The van der Waals surface area contributed by atoms with E-state index in [0.717, 1.165) is 13.1 Å². The van der Waals surface area contributed by atoms with Crippen molar-refractivity contribution in [1.82, 2.24) is 5.32 Å². The van der Waals surface area contributed by atoms with Gasteiger partial charge in [-0.2, -0.15) is 0 Å². The van der Waals surface area contributed by atoms with Crippen molar-refractivity contribution < 1.29 is 4.43 Å². The predicted molar refractivity (Wildman–Crippen MR) is 112 cm³/mol. The first-order valence-electron chi connectivity index (χ1n) is 8.79. The molecule has 132 valence electrons. The Labute approximate surface area is 160 Å². The zero-order valence-corrected chi connectivity index (χ0v) is 17.7. The maximum Gasteiger partial charge on any atom is 0.261 e. The fraction of sp³-hybridized carbons (Fsp3) is 0.333. The third kappa shape index (κ3) is 3.82. The maximum atomic E-state index is 7.06. The van der Waals surface area contributed by atoms with Gasteiger partial charge < -0.3 is 9.74 Å². The molecule has 2 nitrogen and oxygen atoms in total. The van der Waals surface area contributed by atoms with Gasteiger partial charge in [0, 0.05) is 17.6 Å². The molecule has 0 saturated carbocycles. The number of hydrogen-bond acceptors (Lipinski definition) is 2. The topological polar surface area (TPSA) is 21.3 Å². The van der Waals surface area contributed by atoms with Crippen molar-refractivity contribution in [3.05, 3.63) is 71.2 Å². The van der Waals surface area contributed by atoms with E-state index in [2.05, 4.69) is 109 Å². The molecule has 2 aromatic carbocycles. The van der Waals surface area contributed by atoms with E-state index in [1.807, 2.05) is 0 Å². The molecule has 1 unspecified atom stereocenters. The van der Waals surface area contributed by atoms with Crippen LogP contribution < -0.4 is 15.7 Å². The van der Waals surface area contributed by atoms with Gasteiger partial charge >= 0.3 is 0 Å². The molecular formula is C21H26BrNOSi. The van der Waals surface area contributed by atoms with Crippen LogP contribution in [0.15, 0.2) is 71.2 Å². The van der Waals surface area contributed by atoms with Gasteiger partial charge in [-0.1, -0.05) is 97.4 Å². The first-order valence-corrected chi connectivity index (χ1v) is 11.5. The highest BCUT2D eigenvalue weighted by molar-refractivity contribution is 9.11. The molecule has 25 heavy (non-hydrogen) atoms. The van der Waals surface area contributed by atoms with Gasteiger partial charge in [0.2, 0.25) is 0 Å². The Hall–Kier alpha value is -1.20. The van der Waals surface area contributed by atoms with Gasteiger partial charge in [-0.3, -0.25) is 0 Å². The van der Waals surface area contributed by atoms with Crippen LogP contribution in [0.5, 0.6) is 0 Å². The summed E-state index contributed by atoms with van der Waals surface area (Å²) in [5.74, 6) is 0. The second-order valence-electron chi connectivity index (χ2n) is 7.56. The molecule has 1 aliphatic heterocycles. The quantitative estimate of drug-likeness (QED) is 0.766. The maximum absolute atomic E-state index is 7.06. The Bertz CT molecular complexity index is 685. The van der Waals surface area contributed by atoms with Gasteiger partial charge in [0.25, 0.3) is 8.32 Å². The van der Waals surface area contributed by atoms with Gasteiger partial charge in [0.1, 0.15) is 0 Å². The molecule has 2 aromatic rings. The van der Waals surface area contributed by atoms with E-state index < -0.39 is 8.32 Å². The SMILES string of the molecule is CC(C)(C)[Si](OC1C=C(Br)CNC1)(c1ccccc1)c1ccccc1. The lowest BCUT2D eigenvalue weighted by molar-refractivity contribution is 0.224. The minimum atomic E-state index is -2.47. The summed E-state index contributed by atoms with van der Waals surface area (Å²) in [4.78, 5) is 0. The van der Waals surface area contributed by atoms with Crippen molar-refractivity contribution in [1.29, 1.82) is 0 Å². The Balaban J connectivity index is 2.17. The molecule has 1 atom stereocenters. The van der Waals surface area contributed by atoms with E-state index in [-0.39, 0.29) is 11.1 Å². The van der Waals surface area contributed by atoms with Gasteiger partial charge in [-0.05, 0) is 21.5 Å². The number of benzene rings is 2. The molecule has 1 aliphatic rings. The van der Waals surface area contributed by atoms with E-state index in [0.29, 0.717) is 0 Å². The van der Waals surface area contributed by atoms with Crippen LogP contribution in [0.4, 0.5) is 0 Å². The summed E-state index contributed by atoms with van der Waals surface area (Å²) in [6, 6.07) is 21.6. The van der Waals surface area contributed by atoms with Crippen LogP contribution in [0.25, 0.3) is 0 Å². The highest BCUT2D eigenvalue weighted by atomic mass is 79.9. The van der Waals surface area contributed by atoms with E-state index in [9.17, 15) is 0 Å². The largest absolute Gasteiger partial charge is 0.400 e. The molecule has 0 aliphatic carbocycles. The lowest BCUT2D eigenvalue weighted by atomic mass is 10.2. The highest BCUT2D eigenvalue weighted by Gasteiger charge is 2.51. The van der Waals surface area contributed by atoms with Gasteiger partial charge in [0.15, 0.2) is 0 Å².